The summed E-state index contributed by atoms with van der Waals surface area (Å²) in [6, 6.07) is 5.96. The van der Waals surface area contributed by atoms with Gasteiger partial charge in [-0.3, -0.25) is 4.79 Å². The second-order valence-corrected chi connectivity index (χ2v) is 5.87. The molecule has 142 valence electrons. The second kappa shape index (κ2) is 9.11. The summed E-state index contributed by atoms with van der Waals surface area (Å²) in [5.41, 5.74) is -0.265. The lowest BCUT2D eigenvalue weighted by molar-refractivity contribution is -0.125. The quantitative estimate of drug-likeness (QED) is 0.454. The second-order valence-electron chi connectivity index (χ2n) is 5.87. The number of hydrogen-bond donors (Lipinski definition) is 2. The van der Waals surface area contributed by atoms with Gasteiger partial charge in [0, 0.05) is 26.7 Å². The number of benzene rings is 1. The van der Waals surface area contributed by atoms with Crippen LogP contribution in [0.3, 0.4) is 0 Å². The van der Waals surface area contributed by atoms with Gasteiger partial charge in [-0.05, 0) is 24.6 Å². The highest BCUT2D eigenvalue weighted by Crippen LogP contribution is 2.27. The number of hydrogen-bond acceptors (Lipinski definition) is 7. The summed E-state index contributed by atoms with van der Waals surface area (Å²) in [6.07, 6.45) is -0.571. The number of carbonyl (C=O) groups excluding carboxylic acids is 2. The van der Waals surface area contributed by atoms with Crippen molar-refractivity contribution in [3.05, 3.63) is 34.4 Å². The van der Waals surface area contributed by atoms with Gasteiger partial charge in [0.15, 0.2) is 5.57 Å². The molecule has 0 aliphatic carbocycles. The number of phenols is 1. The predicted octanol–water partition coefficient (Wildman–Crippen LogP) is 1.52. The van der Waals surface area contributed by atoms with Crippen LogP contribution in [0.2, 0.25) is 0 Å². The molecule has 0 radical (unpaired) electrons. The minimum atomic E-state index is -0.778. The van der Waals surface area contributed by atoms with Crippen LogP contribution in [0.1, 0.15) is 16.7 Å². The monoisotopic (exact) mass is 372 g/mol. The molecule has 0 bridgehead atoms. The van der Waals surface area contributed by atoms with Crippen LogP contribution in [0.15, 0.2) is 17.7 Å². The molecule has 9 nitrogen and oxygen atoms in total. The Morgan fingerprint density at radius 3 is 2.37 bits per heavy atom. The first kappa shape index (κ1) is 21.3. The number of aliphatic hydroxyl groups excluding tert-OH is 1. The normalized spacial score (nSPS) is 10.9. The highest BCUT2D eigenvalue weighted by atomic mass is 16.6. The van der Waals surface area contributed by atoms with Crippen LogP contribution >= 0.6 is 0 Å². The van der Waals surface area contributed by atoms with Gasteiger partial charge in [0.1, 0.15) is 30.3 Å². The van der Waals surface area contributed by atoms with Crippen molar-refractivity contribution in [1.29, 1.82) is 10.5 Å². The molecular formula is C18H20N4O5. The van der Waals surface area contributed by atoms with Crippen molar-refractivity contribution in [3.8, 4) is 17.9 Å². The van der Waals surface area contributed by atoms with Crippen molar-refractivity contribution in [1.82, 2.24) is 9.80 Å². The molecule has 1 aromatic carbocycles. The molecular weight excluding hydrogens is 352 g/mol. The van der Waals surface area contributed by atoms with Crippen molar-refractivity contribution in [2.75, 3.05) is 34.3 Å². The van der Waals surface area contributed by atoms with E-state index in [1.54, 1.807) is 12.1 Å². The van der Waals surface area contributed by atoms with Crippen LogP contribution in [0.5, 0.6) is 5.75 Å². The van der Waals surface area contributed by atoms with Crippen LogP contribution in [0.4, 0.5) is 4.79 Å². The maximum Gasteiger partial charge on any atom is 0.409 e. The molecule has 0 unspecified atom stereocenters. The number of ether oxygens (including phenoxy) is 1. The third kappa shape index (κ3) is 5.13. The molecule has 0 heterocycles. The van der Waals surface area contributed by atoms with Crippen LogP contribution in [0.25, 0.3) is 5.76 Å². The number of rotatable bonds is 5. The first-order valence-electron chi connectivity index (χ1n) is 7.81. The van der Waals surface area contributed by atoms with Gasteiger partial charge < -0.3 is 24.7 Å². The van der Waals surface area contributed by atoms with E-state index in [0.717, 1.165) is 4.90 Å². The molecule has 0 atom stereocenters. The molecule has 1 aromatic rings. The van der Waals surface area contributed by atoms with Crippen molar-refractivity contribution in [2.24, 2.45) is 0 Å². The van der Waals surface area contributed by atoms with E-state index >= 15 is 0 Å². The van der Waals surface area contributed by atoms with Crippen LogP contribution in [0, 0.1) is 29.6 Å². The largest absolute Gasteiger partial charge is 0.506 e. The van der Waals surface area contributed by atoms with E-state index in [0.29, 0.717) is 5.56 Å². The number of amides is 2. The van der Waals surface area contributed by atoms with E-state index in [1.165, 1.54) is 45.1 Å². The SMILES string of the molecule is Cc1cc(/C(O)=C(\C#N)C(=O)N(C)CCOC(=O)N(C)C)cc(C#N)c1O. The average molecular weight is 372 g/mol. The molecule has 2 amide bonds. The standard InChI is InChI=1S/C18H20N4O5/c1-11-7-12(8-13(9-19)15(11)23)16(24)14(10-20)17(25)22(4)5-6-27-18(26)21(2)3/h7-8,23-24H,5-6H2,1-4H3/b16-14-. The van der Waals surface area contributed by atoms with Gasteiger partial charge in [-0.2, -0.15) is 10.5 Å². The number of phenolic OH excluding ortho intramolecular Hbond substituents is 1. The minimum Gasteiger partial charge on any atom is -0.506 e. The van der Waals surface area contributed by atoms with Crippen LogP contribution < -0.4 is 0 Å². The number of nitriles is 2. The summed E-state index contributed by atoms with van der Waals surface area (Å²) < 4.78 is 4.91. The molecule has 0 aromatic heterocycles. The minimum absolute atomic E-state index is 0.00885. The summed E-state index contributed by atoms with van der Waals surface area (Å²) in [5.74, 6) is -1.63. The Morgan fingerprint density at radius 1 is 1.22 bits per heavy atom. The molecule has 1 rings (SSSR count). The van der Waals surface area contributed by atoms with Gasteiger partial charge in [0.25, 0.3) is 5.91 Å². The van der Waals surface area contributed by atoms with Gasteiger partial charge in [0.2, 0.25) is 0 Å². The molecule has 0 spiro atoms. The van der Waals surface area contributed by atoms with E-state index in [2.05, 4.69) is 0 Å². The van der Waals surface area contributed by atoms with Crippen molar-refractivity contribution < 1.29 is 24.5 Å². The lowest BCUT2D eigenvalue weighted by Crippen LogP contribution is -2.33. The number of nitrogens with zero attached hydrogens (tertiary/aromatic N) is 4. The molecule has 2 N–H and O–H groups in total. The molecule has 0 saturated heterocycles. The molecule has 0 saturated carbocycles. The number of aliphatic hydroxyl groups is 1. The number of carbonyl (C=O) groups is 2. The first-order valence-corrected chi connectivity index (χ1v) is 7.81. The van der Waals surface area contributed by atoms with E-state index in [4.69, 9.17) is 10.00 Å². The van der Waals surface area contributed by atoms with Crippen LogP contribution in [-0.2, 0) is 9.53 Å². The summed E-state index contributed by atoms with van der Waals surface area (Å²) in [4.78, 5) is 26.1. The number of aromatic hydroxyl groups is 1. The topological polar surface area (TPSA) is 138 Å². The van der Waals surface area contributed by atoms with Gasteiger partial charge in [-0.1, -0.05) is 0 Å². The third-order valence-electron chi connectivity index (χ3n) is 3.62. The van der Waals surface area contributed by atoms with Gasteiger partial charge in [-0.25, -0.2) is 4.79 Å². The summed E-state index contributed by atoms with van der Waals surface area (Å²) >= 11 is 0. The molecule has 9 heteroatoms. The average Bonchev–Trinajstić information content (AvgIpc) is 2.63. The molecule has 0 fully saturated rings. The highest BCUT2D eigenvalue weighted by Gasteiger charge is 2.22. The fourth-order valence-corrected chi connectivity index (χ4v) is 2.04. The number of aryl methyl sites for hydroxylation is 1. The maximum atomic E-state index is 12.4. The molecule has 27 heavy (non-hydrogen) atoms. The van der Waals surface area contributed by atoms with Gasteiger partial charge >= 0.3 is 6.09 Å². The van der Waals surface area contributed by atoms with Crippen molar-refractivity contribution in [3.63, 3.8) is 0 Å². The lowest BCUT2D eigenvalue weighted by atomic mass is 10.0. The van der Waals surface area contributed by atoms with Crippen molar-refractivity contribution in [2.45, 2.75) is 6.92 Å². The Hall–Kier alpha value is -3.72. The maximum absolute atomic E-state index is 12.4. The summed E-state index contributed by atoms with van der Waals surface area (Å²) in [7, 11) is 4.42. The fourth-order valence-electron chi connectivity index (χ4n) is 2.04. The zero-order valence-corrected chi connectivity index (χ0v) is 15.5. The smallest absolute Gasteiger partial charge is 0.409 e. The highest BCUT2D eigenvalue weighted by molar-refractivity contribution is 6.03. The Kier molecular flexibility index (Phi) is 7.19. The Morgan fingerprint density at radius 2 is 1.85 bits per heavy atom. The van der Waals surface area contributed by atoms with E-state index in [1.807, 2.05) is 0 Å². The van der Waals surface area contributed by atoms with Crippen molar-refractivity contribution >= 4 is 17.8 Å². The number of likely N-dealkylation sites (N-methyl/N-ethyl adjacent to an activating group) is 1. The van der Waals surface area contributed by atoms with Crippen LogP contribution in [-0.4, -0.2) is 66.3 Å². The Labute approximate surface area is 156 Å². The van der Waals surface area contributed by atoms with E-state index in [9.17, 15) is 25.1 Å². The van der Waals surface area contributed by atoms with E-state index in [-0.39, 0.29) is 30.0 Å². The van der Waals surface area contributed by atoms with Gasteiger partial charge in [-0.15, -0.1) is 0 Å². The van der Waals surface area contributed by atoms with E-state index < -0.39 is 23.3 Å². The molecule has 0 aliphatic rings. The first-order chi connectivity index (χ1) is 12.6. The summed E-state index contributed by atoms with van der Waals surface area (Å²) in [6.45, 7) is 1.44. The third-order valence-corrected chi connectivity index (χ3v) is 3.62. The predicted molar refractivity (Wildman–Crippen MR) is 95.4 cm³/mol. The fraction of sp³-hybridized carbons (Fsp3) is 0.333. The Bertz CT molecular complexity index is 862. The summed E-state index contributed by atoms with van der Waals surface area (Å²) in [5, 5.41) is 38.4. The zero-order chi connectivity index (χ0) is 20.7. The lowest BCUT2D eigenvalue weighted by Gasteiger charge is -2.18. The zero-order valence-electron chi connectivity index (χ0n) is 15.5. The molecule has 0 aliphatic heterocycles. The van der Waals surface area contributed by atoms with Gasteiger partial charge in [0.05, 0.1) is 12.1 Å². The Balaban J connectivity index is 3.06.